The number of thiazole rings is 1. The zero-order valence-corrected chi connectivity index (χ0v) is 13.8. The van der Waals surface area contributed by atoms with Crippen molar-refractivity contribution >= 4 is 27.5 Å². The Bertz CT molecular complexity index is 597. The summed E-state index contributed by atoms with van der Waals surface area (Å²) in [6, 6.07) is 7.59. The van der Waals surface area contributed by atoms with Gasteiger partial charge in [-0.05, 0) is 24.5 Å². The summed E-state index contributed by atoms with van der Waals surface area (Å²) in [6.45, 7) is 7.89. The highest BCUT2D eigenvalue weighted by atomic mass is 32.1. The molecule has 1 unspecified atom stereocenters. The highest BCUT2D eigenvalue weighted by Gasteiger charge is 2.28. The number of nitrogens with zero attached hydrogens (tertiary/aromatic N) is 1. The Morgan fingerprint density at radius 2 is 2.05 bits per heavy atom. The predicted molar refractivity (Wildman–Crippen MR) is 88.4 cm³/mol. The molecule has 0 fully saturated rings. The van der Waals surface area contributed by atoms with E-state index >= 15 is 0 Å². The lowest BCUT2D eigenvalue weighted by atomic mass is 9.87. The van der Waals surface area contributed by atoms with Crippen LogP contribution in [0.15, 0.2) is 24.3 Å². The van der Waals surface area contributed by atoms with Crippen LogP contribution >= 0.6 is 11.3 Å². The molecular formula is C16H23N3OS. The first-order valence-corrected chi connectivity index (χ1v) is 7.99. The van der Waals surface area contributed by atoms with Crippen molar-refractivity contribution in [3.05, 3.63) is 29.3 Å². The number of para-hydroxylation sites is 1. The maximum absolute atomic E-state index is 12.1. The van der Waals surface area contributed by atoms with E-state index in [4.69, 9.17) is 5.73 Å². The van der Waals surface area contributed by atoms with E-state index in [1.165, 1.54) is 4.70 Å². The van der Waals surface area contributed by atoms with Gasteiger partial charge in [0, 0.05) is 12.5 Å². The minimum absolute atomic E-state index is 0.0199. The average molecular weight is 305 g/mol. The molecule has 1 aromatic heterocycles. The van der Waals surface area contributed by atoms with Gasteiger partial charge in [0.05, 0.1) is 21.3 Å². The van der Waals surface area contributed by atoms with Crippen molar-refractivity contribution in [2.75, 3.05) is 0 Å². The molecule has 21 heavy (non-hydrogen) atoms. The molecule has 4 nitrogen and oxygen atoms in total. The number of benzene rings is 1. The molecule has 0 saturated carbocycles. The van der Waals surface area contributed by atoms with E-state index in [1.807, 2.05) is 45.9 Å². The van der Waals surface area contributed by atoms with Crippen LogP contribution in [0.5, 0.6) is 0 Å². The van der Waals surface area contributed by atoms with E-state index in [9.17, 15) is 4.79 Å². The molecule has 0 saturated heterocycles. The zero-order chi connectivity index (χ0) is 15.6. The van der Waals surface area contributed by atoms with Crippen molar-refractivity contribution in [1.82, 2.24) is 10.3 Å². The number of hydrogen-bond donors (Lipinski definition) is 2. The third-order valence-electron chi connectivity index (χ3n) is 3.42. The first-order valence-electron chi connectivity index (χ1n) is 7.18. The van der Waals surface area contributed by atoms with Crippen LogP contribution < -0.4 is 11.1 Å². The highest BCUT2D eigenvalue weighted by Crippen LogP contribution is 2.22. The minimum Gasteiger partial charge on any atom is -0.352 e. The van der Waals surface area contributed by atoms with Crippen LogP contribution in [-0.4, -0.2) is 23.0 Å². The van der Waals surface area contributed by atoms with Crippen LogP contribution in [0.3, 0.4) is 0 Å². The summed E-state index contributed by atoms with van der Waals surface area (Å²) in [6.07, 6.45) is 0.724. The van der Waals surface area contributed by atoms with Gasteiger partial charge in [-0.2, -0.15) is 0 Å². The lowest BCUT2D eigenvalue weighted by molar-refractivity contribution is -0.125. The van der Waals surface area contributed by atoms with Crippen molar-refractivity contribution in [2.24, 2.45) is 11.1 Å². The van der Waals surface area contributed by atoms with Gasteiger partial charge in [0.1, 0.15) is 0 Å². The third kappa shape index (κ3) is 4.02. The Labute approximate surface area is 129 Å². The van der Waals surface area contributed by atoms with Crippen LogP contribution in [0.1, 0.15) is 32.7 Å². The van der Waals surface area contributed by atoms with E-state index in [1.54, 1.807) is 11.3 Å². The quantitative estimate of drug-likeness (QED) is 0.912. The Balaban J connectivity index is 1.98. The Morgan fingerprint density at radius 1 is 1.38 bits per heavy atom. The summed E-state index contributed by atoms with van der Waals surface area (Å²) in [7, 11) is 0. The van der Waals surface area contributed by atoms with Crippen molar-refractivity contribution in [1.29, 1.82) is 0 Å². The molecule has 0 bridgehead atoms. The second kappa shape index (κ2) is 6.12. The minimum atomic E-state index is -0.504. The lowest BCUT2D eigenvalue weighted by Gasteiger charge is -2.27. The highest BCUT2D eigenvalue weighted by molar-refractivity contribution is 7.18. The number of amides is 1. The maximum Gasteiger partial charge on any atom is 0.237 e. The third-order valence-corrected chi connectivity index (χ3v) is 4.48. The first kappa shape index (κ1) is 15.9. The topological polar surface area (TPSA) is 68.0 Å². The van der Waals surface area contributed by atoms with Crippen molar-refractivity contribution < 1.29 is 4.79 Å². The molecule has 2 rings (SSSR count). The largest absolute Gasteiger partial charge is 0.352 e. The van der Waals surface area contributed by atoms with E-state index in [0.717, 1.165) is 16.9 Å². The van der Waals surface area contributed by atoms with Gasteiger partial charge in [-0.25, -0.2) is 4.98 Å². The predicted octanol–water partition coefficient (Wildman–Crippen LogP) is 2.72. The molecule has 114 valence electrons. The molecule has 5 heteroatoms. The summed E-state index contributed by atoms with van der Waals surface area (Å²) >= 11 is 1.67. The molecule has 1 amide bonds. The SMILES string of the molecule is CC(Cc1nc2ccccc2s1)NC(=O)[C@@H](N)C(C)(C)C. The van der Waals surface area contributed by atoms with E-state index in [2.05, 4.69) is 16.4 Å². The van der Waals surface area contributed by atoms with Gasteiger partial charge in [0.2, 0.25) is 5.91 Å². The normalized spacial score (nSPS) is 14.9. The number of aromatic nitrogens is 1. The molecule has 0 radical (unpaired) electrons. The molecule has 1 heterocycles. The smallest absolute Gasteiger partial charge is 0.237 e. The molecule has 0 aliphatic carbocycles. The van der Waals surface area contributed by atoms with Gasteiger partial charge >= 0.3 is 0 Å². The zero-order valence-electron chi connectivity index (χ0n) is 13.0. The van der Waals surface area contributed by atoms with Crippen molar-refractivity contribution in [3.63, 3.8) is 0 Å². The van der Waals surface area contributed by atoms with E-state index < -0.39 is 6.04 Å². The van der Waals surface area contributed by atoms with E-state index in [-0.39, 0.29) is 17.4 Å². The van der Waals surface area contributed by atoms with Gasteiger partial charge in [-0.15, -0.1) is 11.3 Å². The molecule has 2 aromatic rings. The summed E-state index contributed by atoms with van der Waals surface area (Å²) in [4.78, 5) is 16.7. The second-order valence-electron chi connectivity index (χ2n) is 6.53. The average Bonchev–Trinajstić information content (AvgIpc) is 2.78. The van der Waals surface area contributed by atoms with Gasteiger partial charge < -0.3 is 11.1 Å². The fraction of sp³-hybridized carbons (Fsp3) is 0.500. The number of carbonyl (C=O) groups excluding carboxylic acids is 1. The van der Waals surface area contributed by atoms with Gasteiger partial charge in [0.15, 0.2) is 0 Å². The Morgan fingerprint density at radius 3 is 2.67 bits per heavy atom. The number of rotatable bonds is 4. The number of hydrogen-bond acceptors (Lipinski definition) is 4. The number of nitrogens with two attached hydrogens (primary N) is 1. The van der Waals surface area contributed by atoms with Crippen LogP contribution in [0.2, 0.25) is 0 Å². The molecule has 0 aliphatic heterocycles. The van der Waals surface area contributed by atoms with Crippen LogP contribution in [0, 0.1) is 5.41 Å². The summed E-state index contributed by atoms with van der Waals surface area (Å²) in [5, 5.41) is 4.02. The molecule has 0 aliphatic rings. The van der Waals surface area contributed by atoms with Gasteiger partial charge in [-0.3, -0.25) is 4.79 Å². The molecule has 3 N–H and O–H groups in total. The van der Waals surface area contributed by atoms with Crippen molar-refractivity contribution in [2.45, 2.75) is 46.2 Å². The molecule has 0 spiro atoms. The number of carbonyl (C=O) groups is 1. The fourth-order valence-electron chi connectivity index (χ4n) is 2.05. The second-order valence-corrected chi connectivity index (χ2v) is 7.65. The van der Waals surface area contributed by atoms with Crippen LogP contribution in [0.4, 0.5) is 0 Å². The van der Waals surface area contributed by atoms with Crippen LogP contribution in [0.25, 0.3) is 10.2 Å². The number of fused-ring (bicyclic) bond motifs is 1. The molecule has 1 aromatic carbocycles. The Kier molecular flexibility index (Phi) is 4.64. The molecule has 2 atom stereocenters. The van der Waals surface area contributed by atoms with Gasteiger partial charge in [-0.1, -0.05) is 32.9 Å². The van der Waals surface area contributed by atoms with Crippen molar-refractivity contribution in [3.8, 4) is 0 Å². The summed E-state index contributed by atoms with van der Waals surface area (Å²) in [5.74, 6) is -0.101. The lowest BCUT2D eigenvalue weighted by Crippen LogP contribution is -2.51. The first-order chi connectivity index (χ1) is 9.77. The Hall–Kier alpha value is -1.46. The molecular weight excluding hydrogens is 282 g/mol. The number of nitrogens with one attached hydrogen (secondary N) is 1. The summed E-state index contributed by atoms with van der Waals surface area (Å²) < 4.78 is 1.18. The monoisotopic (exact) mass is 305 g/mol. The fourth-order valence-corrected chi connectivity index (χ4v) is 3.14. The van der Waals surface area contributed by atoms with E-state index in [0.29, 0.717) is 0 Å². The maximum atomic E-state index is 12.1. The summed E-state index contributed by atoms with van der Waals surface area (Å²) in [5.41, 5.74) is 6.75. The standard InChI is InChI=1S/C16H23N3OS/c1-10(18-15(20)14(17)16(2,3)4)9-13-19-11-7-5-6-8-12(11)21-13/h5-8,10,14H,9,17H2,1-4H3,(H,18,20)/t10?,14-/m1/s1. The van der Waals surface area contributed by atoms with Gasteiger partial charge in [0.25, 0.3) is 0 Å². The van der Waals surface area contributed by atoms with Crippen LogP contribution in [-0.2, 0) is 11.2 Å².